The minimum atomic E-state index is -0.430. The van der Waals surface area contributed by atoms with E-state index in [9.17, 15) is 9.18 Å². The van der Waals surface area contributed by atoms with E-state index < -0.39 is 5.82 Å². The van der Waals surface area contributed by atoms with Gasteiger partial charge < -0.3 is 14.6 Å². The number of ether oxygens (including phenoxy) is 1. The number of halogens is 2. The molecule has 4 nitrogen and oxygen atoms in total. The Morgan fingerprint density at radius 3 is 2.71 bits per heavy atom. The molecule has 0 spiro atoms. The van der Waals surface area contributed by atoms with Gasteiger partial charge in [-0.25, -0.2) is 4.39 Å². The molecule has 112 valence electrons. The molecule has 0 aliphatic rings. The van der Waals surface area contributed by atoms with Crippen LogP contribution in [0, 0.1) is 5.82 Å². The zero-order valence-corrected chi connectivity index (χ0v) is 13.4. The zero-order valence-electron chi connectivity index (χ0n) is 11.8. The molecule has 1 aromatic heterocycles. The van der Waals surface area contributed by atoms with Crippen LogP contribution in [0.4, 0.5) is 4.39 Å². The molecule has 0 atom stereocenters. The summed E-state index contributed by atoms with van der Waals surface area (Å²) in [5.41, 5.74) is 1.21. The van der Waals surface area contributed by atoms with Gasteiger partial charge in [0, 0.05) is 23.8 Å². The fraction of sp³-hybridized carbons (Fsp3) is 0.267. The Bertz CT molecular complexity index is 642. The van der Waals surface area contributed by atoms with E-state index in [-0.39, 0.29) is 11.7 Å². The van der Waals surface area contributed by atoms with Crippen LogP contribution in [0.5, 0.6) is 5.75 Å². The Balaban J connectivity index is 2.15. The molecule has 2 rings (SSSR count). The standard InChI is InChI=1S/C15H16BrFN2O2/c1-3-19(15(20)13-7-11(16)8-18-13)9-10-4-5-14(21-2)12(17)6-10/h4-8,18H,3,9H2,1-2H3. The number of aromatic amines is 1. The Hall–Kier alpha value is -1.82. The number of nitrogens with zero attached hydrogens (tertiary/aromatic N) is 1. The predicted octanol–water partition coefficient (Wildman–Crippen LogP) is 3.59. The first-order valence-electron chi connectivity index (χ1n) is 6.50. The molecule has 0 aliphatic heterocycles. The normalized spacial score (nSPS) is 10.5. The summed E-state index contributed by atoms with van der Waals surface area (Å²) in [5.74, 6) is -0.359. The minimum absolute atomic E-state index is 0.126. The molecule has 1 amide bonds. The zero-order chi connectivity index (χ0) is 15.4. The van der Waals surface area contributed by atoms with Crippen molar-refractivity contribution in [2.45, 2.75) is 13.5 Å². The molecule has 6 heteroatoms. The van der Waals surface area contributed by atoms with E-state index in [0.29, 0.717) is 24.3 Å². The number of nitrogens with one attached hydrogen (secondary N) is 1. The fourth-order valence-corrected chi connectivity index (χ4v) is 2.36. The maximum atomic E-state index is 13.7. The van der Waals surface area contributed by atoms with Crippen LogP contribution in [0.15, 0.2) is 34.9 Å². The van der Waals surface area contributed by atoms with Crippen LogP contribution in [0.2, 0.25) is 0 Å². The first-order chi connectivity index (χ1) is 10.0. The lowest BCUT2D eigenvalue weighted by Crippen LogP contribution is -2.30. The number of hydrogen-bond acceptors (Lipinski definition) is 2. The Labute approximate surface area is 131 Å². The van der Waals surface area contributed by atoms with E-state index in [2.05, 4.69) is 20.9 Å². The van der Waals surface area contributed by atoms with Crippen LogP contribution in [-0.4, -0.2) is 29.4 Å². The molecule has 0 unspecified atom stereocenters. The van der Waals surface area contributed by atoms with Crippen molar-refractivity contribution in [2.75, 3.05) is 13.7 Å². The summed E-state index contributed by atoms with van der Waals surface area (Å²) in [6.45, 7) is 2.76. The van der Waals surface area contributed by atoms with Gasteiger partial charge in [0.15, 0.2) is 11.6 Å². The topological polar surface area (TPSA) is 45.3 Å². The smallest absolute Gasteiger partial charge is 0.270 e. The van der Waals surface area contributed by atoms with Gasteiger partial charge in [0.25, 0.3) is 5.91 Å². The summed E-state index contributed by atoms with van der Waals surface area (Å²) in [6.07, 6.45) is 1.70. The van der Waals surface area contributed by atoms with Crippen molar-refractivity contribution in [1.82, 2.24) is 9.88 Å². The summed E-state index contributed by atoms with van der Waals surface area (Å²) in [4.78, 5) is 16.9. The molecular weight excluding hydrogens is 339 g/mol. The van der Waals surface area contributed by atoms with Crippen molar-refractivity contribution in [3.8, 4) is 5.75 Å². The van der Waals surface area contributed by atoms with Crippen LogP contribution in [0.1, 0.15) is 23.0 Å². The number of hydrogen-bond donors (Lipinski definition) is 1. The Kier molecular flexibility index (Phi) is 5.01. The lowest BCUT2D eigenvalue weighted by Gasteiger charge is -2.20. The minimum Gasteiger partial charge on any atom is -0.494 e. The molecule has 0 fully saturated rings. The fourth-order valence-electron chi connectivity index (χ4n) is 2.02. The van der Waals surface area contributed by atoms with Crippen molar-refractivity contribution in [3.63, 3.8) is 0 Å². The quantitative estimate of drug-likeness (QED) is 0.891. The highest BCUT2D eigenvalue weighted by Crippen LogP contribution is 2.19. The molecule has 0 radical (unpaired) electrons. The summed E-state index contributed by atoms with van der Waals surface area (Å²) < 4.78 is 19.4. The molecule has 0 aliphatic carbocycles. The third-order valence-electron chi connectivity index (χ3n) is 3.14. The highest BCUT2D eigenvalue weighted by Gasteiger charge is 2.16. The summed E-state index contributed by atoms with van der Waals surface area (Å²) in [5, 5.41) is 0. The van der Waals surface area contributed by atoms with E-state index in [1.54, 1.807) is 29.3 Å². The molecule has 0 bridgehead atoms. The third kappa shape index (κ3) is 3.64. The van der Waals surface area contributed by atoms with E-state index in [4.69, 9.17) is 4.74 Å². The van der Waals surface area contributed by atoms with E-state index in [0.717, 1.165) is 4.47 Å². The second kappa shape index (κ2) is 6.76. The molecule has 0 saturated carbocycles. The molecule has 0 saturated heterocycles. The molecule has 1 aromatic carbocycles. The molecule has 2 aromatic rings. The number of rotatable bonds is 5. The summed E-state index contributed by atoms with van der Waals surface area (Å²) in [6, 6.07) is 6.43. The number of methoxy groups -OCH3 is 1. The van der Waals surface area contributed by atoms with Gasteiger partial charge in [-0.15, -0.1) is 0 Å². The molecule has 1 N–H and O–H groups in total. The second-order valence-corrected chi connectivity index (χ2v) is 5.44. The number of carbonyl (C=O) groups excluding carboxylic acids is 1. The van der Waals surface area contributed by atoms with Gasteiger partial charge in [0.05, 0.1) is 7.11 Å². The molecule has 21 heavy (non-hydrogen) atoms. The Morgan fingerprint density at radius 2 is 2.19 bits per heavy atom. The summed E-state index contributed by atoms with van der Waals surface area (Å²) >= 11 is 3.30. The van der Waals surface area contributed by atoms with E-state index in [1.807, 2.05) is 6.92 Å². The first kappa shape index (κ1) is 15.6. The third-order valence-corrected chi connectivity index (χ3v) is 3.59. The first-order valence-corrected chi connectivity index (χ1v) is 7.30. The van der Waals surface area contributed by atoms with Crippen molar-refractivity contribution in [3.05, 3.63) is 52.0 Å². The van der Waals surface area contributed by atoms with Crippen LogP contribution < -0.4 is 4.74 Å². The van der Waals surface area contributed by atoms with Gasteiger partial charge in [-0.05, 0) is 46.6 Å². The average Bonchev–Trinajstić information content (AvgIpc) is 2.91. The van der Waals surface area contributed by atoms with Crippen molar-refractivity contribution in [2.24, 2.45) is 0 Å². The van der Waals surface area contributed by atoms with Gasteiger partial charge in [0.2, 0.25) is 0 Å². The number of H-pyrrole nitrogens is 1. The van der Waals surface area contributed by atoms with Crippen molar-refractivity contribution >= 4 is 21.8 Å². The van der Waals surface area contributed by atoms with E-state index >= 15 is 0 Å². The van der Waals surface area contributed by atoms with Crippen LogP contribution in [0.25, 0.3) is 0 Å². The molecular formula is C15H16BrFN2O2. The number of aromatic nitrogens is 1. The highest BCUT2D eigenvalue weighted by atomic mass is 79.9. The maximum absolute atomic E-state index is 13.7. The SMILES string of the molecule is CCN(Cc1ccc(OC)c(F)c1)C(=O)c1cc(Br)c[nH]1. The van der Waals surface area contributed by atoms with Crippen LogP contribution in [0.3, 0.4) is 0 Å². The number of benzene rings is 1. The lowest BCUT2D eigenvalue weighted by molar-refractivity contribution is 0.0747. The van der Waals surface area contributed by atoms with Crippen LogP contribution >= 0.6 is 15.9 Å². The van der Waals surface area contributed by atoms with Gasteiger partial charge >= 0.3 is 0 Å². The maximum Gasteiger partial charge on any atom is 0.270 e. The Morgan fingerprint density at radius 1 is 1.43 bits per heavy atom. The predicted molar refractivity (Wildman–Crippen MR) is 81.9 cm³/mol. The average molecular weight is 355 g/mol. The van der Waals surface area contributed by atoms with Crippen LogP contribution in [-0.2, 0) is 6.54 Å². The number of carbonyl (C=O) groups is 1. The van der Waals surface area contributed by atoms with E-state index in [1.165, 1.54) is 13.2 Å². The van der Waals surface area contributed by atoms with Gasteiger partial charge in [0.1, 0.15) is 5.69 Å². The van der Waals surface area contributed by atoms with Gasteiger partial charge in [-0.3, -0.25) is 4.79 Å². The van der Waals surface area contributed by atoms with Gasteiger partial charge in [-0.2, -0.15) is 0 Å². The highest BCUT2D eigenvalue weighted by molar-refractivity contribution is 9.10. The lowest BCUT2D eigenvalue weighted by atomic mass is 10.2. The molecule has 1 heterocycles. The second-order valence-electron chi connectivity index (χ2n) is 4.52. The summed E-state index contributed by atoms with van der Waals surface area (Å²) in [7, 11) is 1.42. The van der Waals surface area contributed by atoms with Gasteiger partial charge in [-0.1, -0.05) is 6.07 Å². The van der Waals surface area contributed by atoms with Crippen molar-refractivity contribution < 1.29 is 13.9 Å². The number of amides is 1. The largest absolute Gasteiger partial charge is 0.494 e. The monoisotopic (exact) mass is 354 g/mol. The van der Waals surface area contributed by atoms with Crippen molar-refractivity contribution in [1.29, 1.82) is 0 Å².